The van der Waals surface area contributed by atoms with E-state index in [1.807, 2.05) is 6.92 Å². The SMILES string of the molecule is C[C@H](NCc1c(F)ccc(Br)c1F)c1cccc(F)c1. The van der Waals surface area contributed by atoms with Gasteiger partial charge in [0.2, 0.25) is 0 Å². The Morgan fingerprint density at radius 1 is 1.15 bits per heavy atom. The molecule has 0 aliphatic carbocycles. The summed E-state index contributed by atoms with van der Waals surface area (Å²) < 4.78 is 40.7. The van der Waals surface area contributed by atoms with E-state index in [1.54, 1.807) is 12.1 Å². The summed E-state index contributed by atoms with van der Waals surface area (Å²) in [6.07, 6.45) is 0. The van der Waals surface area contributed by atoms with Gasteiger partial charge in [-0.05, 0) is 52.7 Å². The van der Waals surface area contributed by atoms with Gasteiger partial charge in [-0.15, -0.1) is 0 Å². The van der Waals surface area contributed by atoms with E-state index in [0.717, 1.165) is 5.56 Å². The number of benzene rings is 2. The summed E-state index contributed by atoms with van der Waals surface area (Å²) in [4.78, 5) is 0. The lowest BCUT2D eigenvalue weighted by Crippen LogP contribution is -2.20. The minimum absolute atomic E-state index is 0.0226. The predicted molar refractivity (Wildman–Crippen MR) is 75.7 cm³/mol. The molecule has 0 aliphatic heterocycles. The highest BCUT2D eigenvalue weighted by atomic mass is 79.9. The highest BCUT2D eigenvalue weighted by Gasteiger charge is 2.14. The van der Waals surface area contributed by atoms with Gasteiger partial charge in [0, 0.05) is 18.2 Å². The van der Waals surface area contributed by atoms with Crippen LogP contribution < -0.4 is 5.32 Å². The number of halogens is 4. The Balaban J connectivity index is 2.11. The zero-order chi connectivity index (χ0) is 14.7. The molecule has 106 valence electrons. The quantitative estimate of drug-likeness (QED) is 0.792. The van der Waals surface area contributed by atoms with Crippen molar-refractivity contribution in [3.63, 3.8) is 0 Å². The van der Waals surface area contributed by atoms with Gasteiger partial charge in [-0.2, -0.15) is 0 Å². The van der Waals surface area contributed by atoms with E-state index < -0.39 is 11.6 Å². The van der Waals surface area contributed by atoms with Crippen LogP contribution in [0.3, 0.4) is 0 Å². The maximum absolute atomic E-state index is 13.8. The molecule has 0 unspecified atom stereocenters. The number of nitrogens with one attached hydrogen (secondary N) is 1. The molecule has 0 aliphatic rings. The lowest BCUT2D eigenvalue weighted by atomic mass is 10.1. The van der Waals surface area contributed by atoms with Crippen molar-refractivity contribution in [3.8, 4) is 0 Å². The zero-order valence-corrected chi connectivity index (χ0v) is 12.3. The predicted octanol–water partition coefficient (Wildman–Crippen LogP) is 4.72. The van der Waals surface area contributed by atoms with Crippen LogP contribution in [0.15, 0.2) is 40.9 Å². The number of hydrogen-bond donors (Lipinski definition) is 1. The maximum Gasteiger partial charge on any atom is 0.144 e. The van der Waals surface area contributed by atoms with E-state index in [-0.39, 0.29) is 28.4 Å². The molecule has 2 aromatic rings. The first-order chi connectivity index (χ1) is 9.49. The first-order valence-electron chi connectivity index (χ1n) is 6.10. The first-order valence-corrected chi connectivity index (χ1v) is 6.89. The lowest BCUT2D eigenvalue weighted by Gasteiger charge is -2.15. The van der Waals surface area contributed by atoms with Crippen molar-refractivity contribution in [3.05, 3.63) is 69.4 Å². The van der Waals surface area contributed by atoms with E-state index in [9.17, 15) is 13.2 Å². The van der Waals surface area contributed by atoms with Crippen molar-refractivity contribution in [1.29, 1.82) is 0 Å². The molecule has 2 rings (SSSR count). The van der Waals surface area contributed by atoms with Gasteiger partial charge in [-0.1, -0.05) is 12.1 Å². The second kappa shape index (κ2) is 6.41. The monoisotopic (exact) mass is 343 g/mol. The molecule has 0 radical (unpaired) electrons. The van der Waals surface area contributed by atoms with Gasteiger partial charge in [0.25, 0.3) is 0 Å². The molecule has 1 nitrogen and oxygen atoms in total. The van der Waals surface area contributed by atoms with Crippen molar-refractivity contribution in [2.45, 2.75) is 19.5 Å². The summed E-state index contributed by atoms with van der Waals surface area (Å²) in [7, 11) is 0. The summed E-state index contributed by atoms with van der Waals surface area (Å²) >= 11 is 3.02. The molecular formula is C15H13BrF3N. The Morgan fingerprint density at radius 3 is 2.60 bits per heavy atom. The highest BCUT2D eigenvalue weighted by Crippen LogP contribution is 2.22. The molecule has 0 saturated carbocycles. The smallest absolute Gasteiger partial charge is 0.144 e. The Kier molecular flexibility index (Phi) is 4.83. The molecular weight excluding hydrogens is 331 g/mol. The summed E-state index contributed by atoms with van der Waals surface area (Å²) in [5, 5.41) is 2.98. The van der Waals surface area contributed by atoms with E-state index >= 15 is 0 Å². The molecule has 0 spiro atoms. The molecule has 0 aromatic heterocycles. The second-order valence-electron chi connectivity index (χ2n) is 4.48. The molecule has 1 N–H and O–H groups in total. The Morgan fingerprint density at radius 2 is 1.90 bits per heavy atom. The zero-order valence-electron chi connectivity index (χ0n) is 10.8. The largest absolute Gasteiger partial charge is 0.306 e. The lowest BCUT2D eigenvalue weighted by molar-refractivity contribution is 0.505. The molecule has 0 fully saturated rings. The van der Waals surface area contributed by atoms with Gasteiger partial charge in [0.05, 0.1) is 4.47 Å². The van der Waals surface area contributed by atoms with Crippen LogP contribution in [0.2, 0.25) is 0 Å². The van der Waals surface area contributed by atoms with E-state index in [0.29, 0.717) is 0 Å². The van der Waals surface area contributed by atoms with Crippen LogP contribution in [0.5, 0.6) is 0 Å². The molecule has 0 amide bonds. The fraction of sp³-hybridized carbons (Fsp3) is 0.200. The molecule has 0 bridgehead atoms. The summed E-state index contributed by atoms with van der Waals surface area (Å²) in [5.41, 5.74) is 0.684. The van der Waals surface area contributed by atoms with Crippen LogP contribution in [0.1, 0.15) is 24.1 Å². The average molecular weight is 344 g/mol. The molecule has 5 heteroatoms. The van der Waals surface area contributed by atoms with Crippen LogP contribution in [0.25, 0.3) is 0 Å². The Hall–Kier alpha value is -1.33. The van der Waals surface area contributed by atoms with E-state index in [2.05, 4.69) is 21.2 Å². The van der Waals surface area contributed by atoms with Crippen LogP contribution in [-0.4, -0.2) is 0 Å². The number of hydrogen-bond acceptors (Lipinski definition) is 1. The third-order valence-corrected chi connectivity index (χ3v) is 3.69. The first kappa shape index (κ1) is 15.1. The molecule has 2 aromatic carbocycles. The van der Waals surface area contributed by atoms with Gasteiger partial charge in [0.15, 0.2) is 0 Å². The normalized spacial score (nSPS) is 12.4. The third-order valence-electron chi connectivity index (χ3n) is 3.07. The molecule has 20 heavy (non-hydrogen) atoms. The van der Waals surface area contributed by atoms with Crippen LogP contribution in [-0.2, 0) is 6.54 Å². The third kappa shape index (κ3) is 3.41. The summed E-state index contributed by atoms with van der Waals surface area (Å²) in [5.74, 6) is -1.57. The van der Waals surface area contributed by atoms with E-state index in [4.69, 9.17) is 0 Å². The molecule has 0 heterocycles. The van der Waals surface area contributed by atoms with Crippen LogP contribution in [0, 0.1) is 17.5 Å². The molecule has 0 saturated heterocycles. The summed E-state index contributed by atoms with van der Waals surface area (Å²) in [6.45, 7) is 1.83. The van der Waals surface area contributed by atoms with Crippen LogP contribution in [0.4, 0.5) is 13.2 Å². The van der Waals surface area contributed by atoms with Crippen molar-refractivity contribution < 1.29 is 13.2 Å². The van der Waals surface area contributed by atoms with Crippen molar-refractivity contribution in [1.82, 2.24) is 5.32 Å². The van der Waals surface area contributed by atoms with Crippen LogP contribution >= 0.6 is 15.9 Å². The van der Waals surface area contributed by atoms with E-state index in [1.165, 1.54) is 24.3 Å². The minimum Gasteiger partial charge on any atom is -0.306 e. The Bertz CT molecular complexity index is 616. The molecule has 1 atom stereocenters. The average Bonchev–Trinajstić information content (AvgIpc) is 2.43. The minimum atomic E-state index is -0.621. The van der Waals surface area contributed by atoms with Gasteiger partial charge in [0.1, 0.15) is 17.5 Å². The fourth-order valence-corrected chi connectivity index (χ4v) is 2.25. The maximum atomic E-state index is 13.8. The second-order valence-corrected chi connectivity index (χ2v) is 5.33. The van der Waals surface area contributed by atoms with Gasteiger partial charge in [-0.25, -0.2) is 13.2 Å². The Labute approximate surface area is 123 Å². The standard InChI is InChI=1S/C15H13BrF3N/c1-9(10-3-2-4-11(17)7-10)20-8-12-14(18)6-5-13(16)15(12)19/h2-7,9,20H,8H2,1H3/t9-/m0/s1. The van der Waals surface area contributed by atoms with Crippen molar-refractivity contribution in [2.75, 3.05) is 0 Å². The topological polar surface area (TPSA) is 12.0 Å². The highest BCUT2D eigenvalue weighted by molar-refractivity contribution is 9.10. The van der Waals surface area contributed by atoms with Crippen molar-refractivity contribution >= 4 is 15.9 Å². The number of rotatable bonds is 4. The van der Waals surface area contributed by atoms with Gasteiger partial charge >= 0.3 is 0 Å². The van der Waals surface area contributed by atoms with Gasteiger partial charge < -0.3 is 5.32 Å². The fourth-order valence-electron chi connectivity index (χ4n) is 1.88. The van der Waals surface area contributed by atoms with Crippen molar-refractivity contribution in [2.24, 2.45) is 0 Å². The van der Waals surface area contributed by atoms with Gasteiger partial charge in [-0.3, -0.25) is 0 Å². The summed E-state index contributed by atoms with van der Waals surface area (Å²) in [6, 6.07) is 8.41.